The number of piperidine rings is 1. The number of thiophene rings is 1. The van der Waals surface area contributed by atoms with Crippen molar-refractivity contribution in [3.05, 3.63) is 46.1 Å². The third-order valence-electron chi connectivity index (χ3n) is 8.40. The minimum absolute atomic E-state index is 0.0735. The average Bonchev–Trinajstić information content (AvgIpc) is 3.15. The number of carbonyl (C=O) groups excluding carboxylic acids is 2. The van der Waals surface area contributed by atoms with Crippen LogP contribution in [-0.4, -0.2) is 68.6 Å². The first-order valence-corrected chi connectivity index (χ1v) is 14.0. The lowest BCUT2D eigenvalue weighted by molar-refractivity contribution is -0.144. The molecule has 6 rings (SSSR count). The van der Waals surface area contributed by atoms with Crippen LogP contribution in [0.25, 0.3) is 21.5 Å². The normalized spacial score (nSPS) is 23.8. The maximum atomic E-state index is 13.9. The molecule has 0 spiro atoms. The highest BCUT2D eigenvalue weighted by Crippen LogP contribution is 2.63. The van der Waals surface area contributed by atoms with Crippen molar-refractivity contribution in [1.29, 1.82) is 0 Å². The zero-order chi connectivity index (χ0) is 29.4. The van der Waals surface area contributed by atoms with E-state index in [4.69, 9.17) is 4.74 Å². The van der Waals surface area contributed by atoms with Gasteiger partial charge in [-0.1, -0.05) is 13.8 Å². The molecule has 1 saturated carbocycles. The monoisotopic (exact) mass is 588 g/mol. The Balaban J connectivity index is 1.38. The molecule has 3 unspecified atom stereocenters. The summed E-state index contributed by atoms with van der Waals surface area (Å²) in [7, 11) is 0. The van der Waals surface area contributed by atoms with Crippen molar-refractivity contribution in [2.45, 2.75) is 46.0 Å². The first kappa shape index (κ1) is 27.6. The number of carbonyl (C=O) groups is 3. The van der Waals surface area contributed by atoms with Crippen molar-refractivity contribution in [1.82, 2.24) is 19.8 Å². The molecule has 0 aromatic carbocycles. The van der Waals surface area contributed by atoms with Gasteiger partial charge in [-0.05, 0) is 41.7 Å². The van der Waals surface area contributed by atoms with Crippen LogP contribution in [0.3, 0.4) is 0 Å². The van der Waals surface area contributed by atoms with Gasteiger partial charge in [0.2, 0.25) is 11.8 Å². The Bertz CT molecular complexity index is 1580. The summed E-state index contributed by atoms with van der Waals surface area (Å²) >= 11 is 1.26. The molecule has 5 heterocycles. The Morgan fingerprint density at radius 3 is 2.59 bits per heavy atom. The molecule has 1 aliphatic carbocycles. The summed E-state index contributed by atoms with van der Waals surface area (Å²) in [6.45, 7) is 5.94. The van der Waals surface area contributed by atoms with E-state index in [0.717, 1.165) is 6.07 Å². The van der Waals surface area contributed by atoms with Crippen molar-refractivity contribution in [3.63, 3.8) is 0 Å². The Labute approximate surface area is 236 Å². The highest BCUT2D eigenvalue weighted by Gasteiger charge is 2.72. The molecule has 0 bridgehead atoms. The minimum Gasteiger partial charge on any atom is -0.465 e. The molecule has 3 atom stereocenters. The van der Waals surface area contributed by atoms with Crippen LogP contribution in [0.5, 0.6) is 0 Å². The molecule has 0 radical (unpaired) electrons. The average molecular weight is 589 g/mol. The fourth-order valence-corrected chi connectivity index (χ4v) is 7.25. The Morgan fingerprint density at radius 2 is 1.93 bits per heavy atom. The maximum absolute atomic E-state index is 13.9. The predicted molar refractivity (Wildman–Crippen MR) is 142 cm³/mol. The van der Waals surface area contributed by atoms with Crippen LogP contribution in [0.15, 0.2) is 24.4 Å². The summed E-state index contributed by atoms with van der Waals surface area (Å²) in [4.78, 5) is 48.9. The molecule has 41 heavy (non-hydrogen) atoms. The van der Waals surface area contributed by atoms with E-state index < -0.39 is 24.1 Å². The van der Waals surface area contributed by atoms with Crippen LogP contribution in [0.4, 0.5) is 18.0 Å². The number of carboxylic acid groups (broad SMARTS) is 1. The van der Waals surface area contributed by atoms with Crippen molar-refractivity contribution in [2.75, 3.05) is 19.7 Å². The molecule has 216 valence electrons. The van der Waals surface area contributed by atoms with Crippen molar-refractivity contribution >= 4 is 39.5 Å². The van der Waals surface area contributed by atoms with Gasteiger partial charge in [0.1, 0.15) is 5.69 Å². The number of alkyl halides is 3. The van der Waals surface area contributed by atoms with Gasteiger partial charge in [0.15, 0.2) is 0 Å². The van der Waals surface area contributed by atoms with Gasteiger partial charge in [-0.2, -0.15) is 13.2 Å². The second-order valence-corrected chi connectivity index (χ2v) is 12.5. The summed E-state index contributed by atoms with van der Waals surface area (Å²) in [5.74, 6) is -1.01. The highest BCUT2D eigenvalue weighted by atomic mass is 32.1. The van der Waals surface area contributed by atoms with Gasteiger partial charge in [0, 0.05) is 29.6 Å². The largest absolute Gasteiger partial charge is 0.465 e. The van der Waals surface area contributed by atoms with Gasteiger partial charge in [-0.15, -0.1) is 11.3 Å². The number of aromatic nitrogens is 2. The van der Waals surface area contributed by atoms with E-state index in [1.54, 1.807) is 19.1 Å². The lowest BCUT2D eigenvalue weighted by Crippen LogP contribution is -2.45. The molecule has 3 amide bonds. The van der Waals surface area contributed by atoms with E-state index >= 15 is 0 Å². The summed E-state index contributed by atoms with van der Waals surface area (Å²) in [5, 5.41) is 9.42. The van der Waals surface area contributed by atoms with Crippen LogP contribution in [0, 0.1) is 24.2 Å². The van der Waals surface area contributed by atoms with Crippen LogP contribution in [-0.2, 0) is 33.5 Å². The zero-order valence-electron chi connectivity index (χ0n) is 22.5. The van der Waals surface area contributed by atoms with Gasteiger partial charge < -0.3 is 14.7 Å². The zero-order valence-corrected chi connectivity index (χ0v) is 23.3. The number of imide groups is 1. The number of hydrogen-bond acceptors (Lipinski definition) is 7. The molecule has 3 aromatic rings. The number of ether oxygens (including phenoxy) is 1. The number of fused-ring (bicyclic) bond motifs is 2. The van der Waals surface area contributed by atoms with E-state index in [1.807, 2.05) is 13.8 Å². The van der Waals surface area contributed by atoms with Crippen LogP contribution in [0.2, 0.25) is 0 Å². The quantitative estimate of drug-likeness (QED) is 0.428. The fraction of sp³-hybridized carbons (Fsp3) is 0.464. The first-order chi connectivity index (χ1) is 19.3. The molecule has 1 N–H and O–H groups in total. The number of nitrogens with zero attached hydrogens (tertiary/aromatic N) is 4. The minimum atomic E-state index is -4.68. The number of aryl methyl sites for hydroxylation is 1. The third kappa shape index (κ3) is 4.64. The number of rotatable bonds is 5. The number of likely N-dealkylation sites (tertiary alicyclic amines) is 1. The summed E-state index contributed by atoms with van der Waals surface area (Å²) in [5.41, 5.74) is 0.574. The van der Waals surface area contributed by atoms with E-state index in [-0.39, 0.29) is 67.4 Å². The van der Waals surface area contributed by atoms with Crippen molar-refractivity contribution in [3.8, 4) is 11.3 Å². The van der Waals surface area contributed by atoms with Crippen LogP contribution in [0.1, 0.15) is 35.5 Å². The predicted octanol–water partition coefficient (Wildman–Crippen LogP) is 4.75. The second-order valence-electron chi connectivity index (χ2n) is 11.4. The SMILES string of the molecule is Cc1cc(C(F)(F)F)nc(-c2ccnc3cc(CN4C(=O)C5C(C4=O)C5(C)C)sc23)c1CC1CN(C(=O)O)CCO1. The van der Waals surface area contributed by atoms with Gasteiger partial charge in [-0.3, -0.25) is 19.5 Å². The van der Waals surface area contributed by atoms with Crippen LogP contribution < -0.4 is 0 Å². The van der Waals surface area contributed by atoms with Crippen LogP contribution >= 0.6 is 11.3 Å². The molecule has 3 aromatic heterocycles. The maximum Gasteiger partial charge on any atom is 0.433 e. The second kappa shape index (κ2) is 9.48. The Morgan fingerprint density at radius 1 is 1.22 bits per heavy atom. The molecule has 9 nitrogen and oxygen atoms in total. The summed E-state index contributed by atoms with van der Waals surface area (Å²) < 4.78 is 48.0. The van der Waals surface area contributed by atoms with Gasteiger partial charge in [0.05, 0.1) is 53.5 Å². The molecular weight excluding hydrogens is 561 g/mol. The van der Waals surface area contributed by atoms with E-state index in [2.05, 4.69) is 9.97 Å². The van der Waals surface area contributed by atoms with Gasteiger partial charge in [0.25, 0.3) is 0 Å². The number of halogens is 3. The van der Waals surface area contributed by atoms with Gasteiger partial charge >= 0.3 is 12.3 Å². The number of amides is 3. The number of hydrogen-bond donors (Lipinski definition) is 1. The smallest absolute Gasteiger partial charge is 0.433 e. The highest BCUT2D eigenvalue weighted by molar-refractivity contribution is 7.19. The molecular formula is C28H27F3N4O5S. The molecule has 2 saturated heterocycles. The van der Waals surface area contributed by atoms with E-state index in [1.165, 1.54) is 27.3 Å². The molecule has 3 fully saturated rings. The molecule has 2 aliphatic heterocycles. The summed E-state index contributed by atoms with van der Waals surface area (Å²) in [6.07, 6.45) is -4.68. The van der Waals surface area contributed by atoms with Crippen molar-refractivity contribution < 1.29 is 37.4 Å². The molecule has 13 heteroatoms. The van der Waals surface area contributed by atoms with E-state index in [0.29, 0.717) is 31.8 Å². The van der Waals surface area contributed by atoms with Gasteiger partial charge in [-0.25, -0.2) is 9.78 Å². The lowest BCUT2D eigenvalue weighted by Gasteiger charge is -2.31. The van der Waals surface area contributed by atoms with Crippen molar-refractivity contribution in [2.24, 2.45) is 17.3 Å². The third-order valence-corrected chi connectivity index (χ3v) is 9.54. The molecule has 3 aliphatic rings. The Kier molecular flexibility index (Phi) is 6.38. The topological polar surface area (TPSA) is 113 Å². The summed E-state index contributed by atoms with van der Waals surface area (Å²) in [6, 6.07) is 4.34. The van der Waals surface area contributed by atoms with E-state index in [9.17, 15) is 32.7 Å². The number of pyridine rings is 2. The number of morpholine rings is 1. The fourth-order valence-electron chi connectivity index (χ4n) is 6.14. The standard InChI is InChI=1S/C28H27F3N4O5S/c1-13-8-19(28(29,30)31)33-22(17(13)9-14-11-34(26(38)39)6-7-40-14)16-4-5-32-18-10-15(41-23(16)18)12-35-24(36)20-21(25(35)37)27(20,2)3/h4-5,8,10,14,20-21H,6-7,9,11-12H2,1-3H3,(H,38,39). The first-order valence-electron chi connectivity index (χ1n) is 13.2. The lowest BCUT2D eigenvalue weighted by atomic mass is 9.95. The Hall–Kier alpha value is -3.58.